The van der Waals surface area contributed by atoms with Gasteiger partial charge in [0, 0.05) is 29.3 Å². The lowest BCUT2D eigenvalue weighted by atomic mass is 9.72. The Labute approximate surface area is 195 Å². The molecule has 4 heteroatoms. The largest absolute Gasteiger partial charge is 0.459 e. The Morgan fingerprint density at radius 3 is 2.18 bits per heavy atom. The molecule has 33 heavy (non-hydrogen) atoms. The molecule has 2 aliphatic carbocycles. The van der Waals surface area contributed by atoms with E-state index in [1.54, 1.807) is 0 Å². The van der Waals surface area contributed by atoms with Gasteiger partial charge in [-0.15, -0.1) is 0 Å². The molecular formula is C29H31NO3. The van der Waals surface area contributed by atoms with Gasteiger partial charge in [-0.05, 0) is 56.1 Å². The summed E-state index contributed by atoms with van der Waals surface area (Å²) in [7, 11) is 0. The number of Topliss-reactive ketones (excluding diaryl/α,β-unsaturated/α-hetero) is 1. The highest BCUT2D eigenvalue weighted by molar-refractivity contribution is 6.04. The second-order valence-electron chi connectivity index (χ2n) is 9.50. The quantitative estimate of drug-likeness (QED) is 0.598. The zero-order valence-electron chi connectivity index (χ0n) is 19.2. The van der Waals surface area contributed by atoms with Crippen LogP contribution >= 0.6 is 0 Å². The Morgan fingerprint density at radius 1 is 0.879 bits per heavy atom. The highest BCUT2D eigenvalue weighted by Crippen LogP contribution is 2.45. The van der Waals surface area contributed by atoms with Crippen LogP contribution in [-0.2, 0) is 14.3 Å². The lowest BCUT2D eigenvalue weighted by Gasteiger charge is -2.37. The second kappa shape index (κ2) is 9.38. The van der Waals surface area contributed by atoms with Crippen LogP contribution in [-0.4, -0.2) is 17.9 Å². The molecule has 3 aliphatic rings. The predicted octanol–water partition coefficient (Wildman–Crippen LogP) is 5.92. The molecule has 0 bridgehead atoms. The first-order valence-electron chi connectivity index (χ1n) is 12.2. The molecule has 0 radical (unpaired) electrons. The number of carbonyl (C=O) groups excluding carboxylic acids is 2. The number of ketones is 1. The third-order valence-corrected chi connectivity index (χ3v) is 7.28. The van der Waals surface area contributed by atoms with Crippen LogP contribution in [0.5, 0.6) is 0 Å². The summed E-state index contributed by atoms with van der Waals surface area (Å²) in [6, 6.07) is 20.2. The molecule has 170 valence electrons. The minimum absolute atomic E-state index is 0.0251. The molecule has 0 spiro atoms. The van der Waals surface area contributed by atoms with Crippen LogP contribution in [0.4, 0.5) is 0 Å². The van der Waals surface area contributed by atoms with Gasteiger partial charge in [-0.1, -0.05) is 67.1 Å². The van der Waals surface area contributed by atoms with Gasteiger partial charge >= 0.3 is 5.97 Å². The van der Waals surface area contributed by atoms with Crippen molar-refractivity contribution in [3.63, 3.8) is 0 Å². The van der Waals surface area contributed by atoms with Gasteiger partial charge in [0.05, 0.1) is 5.57 Å². The van der Waals surface area contributed by atoms with Gasteiger partial charge in [-0.2, -0.15) is 0 Å². The Morgan fingerprint density at radius 2 is 1.52 bits per heavy atom. The Balaban J connectivity index is 1.51. The number of ether oxygens (including phenoxy) is 1. The van der Waals surface area contributed by atoms with Gasteiger partial charge in [0.15, 0.2) is 5.78 Å². The lowest BCUT2D eigenvalue weighted by molar-refractivity contribution is -0.146. The lowest BCUT2D eigenvalue weighted by Crippen LogP contribution is -2.37. The van der Waals surface area contributed by atoms with E-state index in [4.69, 9.17) is 4.74 Å². The maximum atomic E-state index is 13.6. The van der Waals surface area contributed by atoms with Crippen LogP contribution in [0.15, 0.2) is 83.2 Å². The summed E-state index contributed by atoms with van der Waals surface area (Å²) in [4.78, 5) is 27.1. The fourth-order valence-electron chi connectivity index (χ4n) is 5.65. The normalized spacial score (nSPS) is 23.7. The first-order valence-corrected chi connectivity index (χ1v) is 12.2. The third kappa shape index (κ3) is 4.39. The second-order valence-corrected chi connectivity index (χ2v) is 9.50. The molecular weight excluding hydrogens is 410 g/mol. The van der Waals surface area contributed by atoms with E-state index in [-0.39, 0.29) is 29.7 Å². The third-order valence-electron chi connectivity index (χ3n) is 7.28. The van der Waals surface area contributed by atoms with E-state index in [1.165, 1.54) is 12.0 Å². The van der Waals surface area contributed by atoms with Gasteiger partial charge in [0.1, 0.15) is 6.10 Å². The van der Waals surface area contributed by atoms with Crippen LogP contribution in [0.3, 0.4) is 0 Å². The number of hydrogen-bond acceptors (Lipinski definition) is 4. The van der Waals surface area contributed by atoms with Gasteiger partial charge in [0.2, 0.25) is 0 Å². The number of rotatable bonds is 4. The van der Waals surface area contributed by atoms with E-state index in [1.807, 2.05) is 55.5 Å². The van der Waals surface area contributed by atoms with Crippen LogP contribution < -0.4 is 5.32 Å². The minimum atomic E-state index is -0.386. The number of dihydropyridines is 1. The maximum absolute atomic E-state index is 13.6. The van der Waals surface area contributed by atoms with Crippen LogP contribution in [0.2, 0.25) is 0 Å². The van der Waals surface area contributed by atoms with Crippen LogP contribution in [0.25, 0.3) is 0 Å². The molecule has 0 saturated heterocycles. The Bertz CT molecular complexity index is 1090. The molecule has 5 rings (SSSR count). The van der Waals surface area contributed by atoms with E-state index in [0.29, 0.717) is 12.0 Å². The Hall–Kier alpha value is -3.14. The van der Waals surface area contributed by atoms with Crippen molar-refractivity contribution in [2.24, 2.45) is 0 Å². The molecule has 1 heterocycles. The van der Waals surface area contributed by atoms with Crippen molar-refractivity contribution in [2.45, 2.75) is 69.8 Å². The monoisotopic (exact) mass is 441 g/mol. The number of allylic oxidation sites excluding steroid dienone is 3. The van der Waals surface area contributed by atoms with Gasteiger partial charge in [-0.25, -0.2) is 4.79 Å². The summed E-state index contributed by atoms with van der Waals surface area (Å²) >= 11 is 0. The van der Waals surface area contributed by atoms with Crippen molar-refractivity contribution < 1.29 is 14.3 Å². The minimum Gasteiger partial charge on any atom is -0.459 e. The molecule has 4 nitrogen and oxygen atoms in total. The highest BCUT2D eigenvalue weighted by atomic mass is 16.5. The maximum Gasteiger partial charge on any atom is 0.337 e. The first-order chi connectivity index (χ1) is 16.1. The molecule has 2 atom stereocenters. The summed E-state index contributed by atoms with van der Waals surface area (Å²) in [6.07, 6.45) is 6.45. The van der Waals surface area contributed by atoms with Gasteiger partial charge < -0.3 is 10.1 Å². The standard InChI is InChI=1S/C29H31NO3/c1-19-26(29(32)33-23-15-9-4-10-16-23)27(21-13-7-3-8-14-21)28-24(30-19)17-22(18-25(28)31)20-11-5-2-6-12-20/h2-3,5-8,11-14,22-23,27,30H,4,9-10,15-18H2,1H3/t22-,27-/m0/s1. The van der Waals surface area contributed by atoms with Gasteiger partial charge in [0.25, 0.3) is 0 Å². The van der Waals surface area contributed by atoms with E-state index in [9.17, 15) is 9.59 Å². The van der Waals surface area contributed by atoms with Crippen molar-refractivity contribution in [3.8, 4) is 0 Å². The fourth-order valence-corrected chi connectivity index (χ4v) is 5.65. The molecule has 2 aromatic rings. The van der Waals surface area contributed by atoms with E-state index >= 15 is 0 Å². The van der Waals surface area contributed by atoms with Crippen molar-refractivity contribution in [2.75, 3.05) is 0 Å². The van der Waals surface area contributed by atoms with Gasteiger partial charge in [-0.3, -0.25) is 4.79 Å². The van der Waals surface area contributed by atoms with E-state index < -0.39 is 0 Å². The number of hydrogen-bond donors (Lipinski definition) is 1. The molecule has 1 saturated carbocycles. The Kier molecular flexibility index (Phi) is 6.17. The van der Waals surface area contributed by atoms with Crippen LogP contribution in [0.1, 0.15) is 74.8 Å². The zero-order valence-corrected chi connectivity index (χ0v) is 19.2. The summed E-state index contributed by atoms with van der Waals surface area (Å²) in [6.45, 7) is 1.94. The summed E-state index contributed by atoms with van der Waals surface area (Å²) < 4.78 is 5.99. The molecule has 1 fully saturated rings. The van der Waals surface area contributed by atoms with Crippen LogP contribution in [0, 0.1) is 0 Å². The van der Waals surface area contributed by atoms with E-state index in [0.717, 1.165) is 54.6 Å². The topological polar surface area (TPSA) is 55.4 Å². The van der Waals surface area contributed by atoms with Crippen molar-refractivity contribution in [3.05, 3.63) is 94.3 Å². The summed E-state index contributed by atoms with van der Waals surface area (Å²) in [5, 5.41) is 3.45. The first kappa shape index (κ1) is 21.7. The fraction of sp³-hybridized carbons (Fsp3) is 0.379. The number of benzene rings is 2. The number of esters is 1. The number of carbonyl (C=O) groups is 2. The average molecular weight is 442 g/mol. The highest BCUT2D eigenvalue weighted by Gasteiger charge is 2.41. The SMILES string of the molecule is CC1=C(C(=O)OC2CCCCC2)[C@H](c2ccccc2)C2=C(C[C@H](c3ccccc3)CC2=O)N1. The number of nitrogens with one attached hydrogen (secondary N) is 1. The summed E-state index contributed by atoms with van der Waals surface area (Å²) in [5.74, 6) is -0.417. The molecule has 1 N–H and O–H groups in total. The van der Waals surface area contributed by atoms with Crippen molar-refractivity contribution in [1.29, 1.82) is 0 Å². The molecule has 1 aliphatic heterocycles. The zero-order chi connectivity index (χ0) is 22.8. The molecule has 0 aromatic heterocycles. The predicted molar refractivity (Wildman–Crippen MR) is 128 cm³/mol. The summed E-state index contributed by atoms with van der Waals surface area (Å²) in [5.41, 5.74) is 5.20. The van der Waals surface area contributed by atoms with Crippen molar-refractivity contribution in [1.82, 2.24) is 5.32 Å². The van der Waals surface area contributed by atoms with E-state index in [2.05, 4.69) is 17.4 Å². The molecule has 0 unspecified atom stereocenters. The molecule has 0 amide bonds. The smallest absolute Gasteiger partial charge is 0.337 e. The average Bonchev–Trinajstić information content (AvgIpc) is 2.84. The molecule has 2 aromatic carbocycles. The van der Waals surface area contributed by atoms with Crippen molar-refractivity contribution >= 4 is 11.8 Å².